The first-order chi connectivity index (χ1) is 14.3. The third kappa shape index (κ3) is 5.98. The number of anilines is 1. The Morgan fingerprint density at radius 1 is 1.07 bits per heavy atom. The van der Waals surface area contributed by atoms with Crippen molar-refractivity contribution < 1.29 is 22.8 Å². The number of hydroxylamine groups is 1. The molecule has 156 valence electrons. The summed E-state index contributed by atoms with van der Waals surface area (Å²) >= 11 is -0.226. The summed E-state index contributed by atoms with van der Waals surface area (Å²) < 4.78 is 38.1. The molecule has 0 aliphatic rings. The van der Waals surface area contributed by atoms with Crippen molar-refractivity contribution >= 4 is 23.4 Å². The molecule has 0 aliphatic carbocycles. The van der Waals surface area contributed by atoms with Crippen LogP contribution in [-0.2, 0) is 17.9 Å². The summed E-state index contributed by atoms with van der Waals surface area (Å²) in [4.78, 5) is 21.8. The second kappa shape index (κ2) is 9.64. The van der Waals surface area contributed by atoms with Gasteiger partial charge in [0.25, 0.3) is 5.91 Å². The van der Waals surface area contributed by atoms with Crippen LogP contribution in [0.15, 0.2) is 71.9 Å². The highest BCUT2D eigenvalue weighted by atomic mass is 32.2. The van der Waals surface area contributed by atoms with E-state index in [4.69, 9.17) is 10.6 Å². The van der Waals surface area contributed by atoms with Gasteiger partial charge in [0.05, 0.1) is 0 Å². The largest absolute Gasteiger partial charge is 0.446 e. The van der Waals surface area contributed by atoms with Crippen molar-refractivity contribution in [2.45, 2.75) is 23.4 Å². The number of amides is 1. The smallest absolute Gasteiger partial charge is 0.398 e. The molecule has 0 saturated carbocycles. The molecule has 30 heavy (non-hydrogen) atoms. The number of pyridine rings is 1. The molecule has 0 unspecified atom stereocenters. The van der Waals surface area contributed by atoms with Crippen LogP contribution < -0.4 is 11.2 Å². The zero-order valence-corrected chi connectivity index (χ0v) is 16.5. The third-order valence-corrected chi connectivity index (χ3v) is 5.03. The second-order valence-electron chi connectivity index (χ2n) is 6.28. The van der Waals surface area contributed by atoms with Crippen molar-refractivity contribution in [2.75, 3.05) is 5.73 Å². The van der Waals surface area contributed by atoms with Crippen LogP contribution in [0.25, 0.3) is 0 Å². The molecule has 5 nitrogen and oxygen atoms in total. The highest BCUT2D eigenvalue weighted by Gasteiger charge is 2.30. The minimum absolute atomic E-state index is 0.0154. The van der Waals surface area contributed by atoms with Gasteiger partial charge in [-0.15, -0.1) is 0 Å². The maximum absolute atomic E-state index is 12.7. The van der Waals surface area contributed by atoms with Crippen LogP contribution in [-0.4, -0.2) is 16.4 Å². The first-order valence-corrected chi connectivity index (χ1v) is 9.67. The van der Waals surface area contributed by atoms with Gasteiger partial charge in [-0.25, -0.2) is 5.48 Å². The third-order valence-electron chi connectivity index (χ3n) is 4.18. The number of hydrogen-bond donors (Lipinski definition) is 2. The monoisotopic (exact) mass is 433 g/mol. The fourth-order valence-corrected chi connectivity index (χ4v) is 3.46. The highest BCUT2D eigenvalue weighted by Crippen LogP contribution is 2.38. The Hall–Kier alpha value is -3.04. The number of thioether (sulfide) groups is 1. The van der Waals surface area contributed by atoms with Crippen molar-refractivity contribution in [2.24, 2.45) is 0 Å². The van der Waals surface area contributed by atoms with E-state index in [2.05, 4.69) is 10.5 Å². The minimum Gasteiger partial charge on any atom is -0.398 e. The Morgan fingerprint density at radius 2 is 1.80 bits per heavy atom. The van der Waals surface area contributed by atoms with E-state index in [-0.39, 0.29) is 23.3 Å². The number of alkyl halides is 3. The Labute approximate surface area is 175 Å². The fraction of sp³-hybridized carbons (Fsp3) is 0.143. The van der Waals surface area contributed by atoms with E-state index in [1.54, 1.807) is 36.7 Å². The van der Waals surface area contributed by atoms with Crippen molar-refractivity contribution in [1.29, 1.82) is 0 Å². The van der Waals surface area contributed by atoms with Gasteiger partial charge in [0.15, 0.2) is 0 Å². The lowest BCUT2D eigenvalue weighted by Crippen LogP contribution is -2.25. The zero-order valence-electron chi connectivity index (χ0n) is 15.6. The standard InChI is InChI=1S/C21H18F3N3O2S/c22-21(23,24)30-19-7-2-1-4-15(19)13-29-27-20(28)16-5-3-6-18(25)17(16)12-14-8-10-26-11-9-14/h1-11H,12-13,25H2,(H,27,28). The molecule has 0 fully saturated rings. The Balaban J connectivity index is 1.69. The SMILES string of the molecule is Nc1cccc(C(=O)NOCc2ccccc2SC(F)(F)F)c1Cc1ccncc1. The maximum atomic E-state index is 12.7. The predicted octanol–water partition coefficient (Wildman–Crippen LogP) is 4.73. The molecule has 0 atom stereocenters. The summed E-state index contributed by atoms with van der Waals surface area (Å²) in [6, 6.07) is 14.6. The average Bonchev–Trinajstić information content (AvgIpc) is 2.70. The second-order valence-corrected chi connectivity index (χ2v) is 7.39. The van der Waals surface area contributed by atoms with E-state index in [1.165, 1.54) is 18.2 Å². The summed E-state index contributed by atoms with van der Waals surface area (Å²) in [6.07, 6.45) is 3.71. The first-order valence-electron chi connectivity index (χ1n) is 8.85. The molecule has 0 aliphatic heterocycles. The van der Waals surface area contributed by atoms with Crippen molar-refractivity contribution in [3.8, 4) is 0 Å². The molecular weight excluding hydrogens is 415 g/mol. The molecular formula is C21H18F3N3O2S. The number of nitrogens with zero attached hydrogens (tertiary/aromatic N) is 1. The molecule has 9 heteroatoms. The van der Waals surface area contributed by atoms with Gasteiger partial charge in [0.1, 0.15) is 6.61 Å². The number of halogens is 3. The van der Waals surface area contributed by atoms with E-state index in [0.29, 0.717) is 28.8 Å². The molecule has 1 heterocycles. The van der Waals surface area contributed by atoms with Crippen LogP contribution in [0.3, 0.4) is 0 Å². The molecule has 0 bridgehead atoms. The first kappa shape index (κ1) is 21.7. The number of nitrogens with two attached hydrogens (primary N) is 1. The molecule has 1 aromatic heterocycles. The molecule has 3 rings (SSSR count). The number of benzene rings is 2. The van der Waals surface area contributed by atoms with Crippen molar-refractivity contribution in [1.82, 2.24) is 10.5 Å². The Morgan fingerprint density at radius 3 is 2.53 bits per heavy atom. The normalized spacial score (nSPS) is 11.3. The van der Waals surface area contributed by atoms with Gasteiger partial charge >= 0.3 is 5.51 Å². The van der Waals surface area contributed by atoms with E-state index < -0.39 is 11.4 Å². The van der Waals surface area contributed by atoms with E-state index >= 15 is 0 Å². The van der Waals surface area contributed by atoms with Gasteiger partial charge in [-0.1, -0.05) is 24.3 Å². The summed E-state index contributed by atoms with van der Waals surface area (Å²) in [6.45, 7) is -0.215. The van der Waals surface area contributed by atoms with Crippen LogP contribution in [0, 0.1) is 0 Å². The van der Waals surface area contributed by atoms with Gasteiger partial charge in [0, 0.05) is 35.0 Å². The maximum Gasteiger partial charge on any atom is 0.446 e. The summed E-state index contributed by atoms with van der Waals surface area (Å²) in [5.41, 5.74) is 6.57. The minimum atomic E-state index is -4.41. The molecule has 0 radical (unpaired) electrons. The average molecular weight is 433 g/mol. The molecule has 0 saturated heterocycles. The number of nitrogen functional groups attached to an aromatic ring is 1. The van der Waals surface area contributed by atoms with E-state index in [9.17, 15) is 18.0 Å². The van der Waals surface area contributed by atoms with E-state index in [1.807, 2.05) is 12.1 Å². The highest BCUT2D eigenvalue weighted by molar-refractivity contribution is 8.00. The van der Waals surface area contributed by atoms with Crippen molar-refractivity contribution in [3.63, 3.8) is 0 Å². The van der Waals surface area contributed by atoms with Crippen LogP contribution in [0.5, 0.6) is 0 Å². The van der Waals surface area contributed by atoms with Crippen LogP contribution in [0.2, 0.25) is 0 Å². The summed E-state index contributed by atoms with van der Waals surface area (Å²) in [5.74, 6) is -0.535. The van der Waals surface area contributed by atoms with Crippen molar-refractivity contribution in [3.05, 3.63) is 89.2 Å². The molecule has 3 N–H and O–H groups in total. The lowest BCUT2D eigenvalue weighted by atomic mass is 9.98. The Kier molecular flexibility index (Phi) is 6.96. The van der Waals surface area contributed by atoms with E-state index in [0.717, 1.165) is 5.56 Å². The van der Waals surface area contributed by atoms with Gasteiger partial charge in [-0.2, -0.15) is 13.2 Å². The number of nitrogens with one attached hydrogen (secondary N) is 1. The molecule has 1 amide bonds. The lowest BCUT2D eigenvalue weighted by molar-refractivity contribution is -0.0329. The number of aromatic nitrogens is 1. The van der Waals surface area contributed by atoms with Gasteiger partial charge < -0.3 is 5.73 Å². The topological polar surface area (TPSA) is 77.2 Å². The number of carbonyl (C=O) groups is 1. The van der Waals surface area contributed by atoms with Crippen LogP contribution >= 0.6 is 11.8 Å². The summed E-state index contributed by atoms with van der Waals surface area (Å²) in [7, 11) is 0. The predicted molar refractivity (Wildman–Crippen MR) is 109 cm³/mol. The summed E-state index contributed by atoms with van der Waals surface area (Å²) in [5, 5.41) is 0. The molecule has 3 aromatic rings. The van der Waals surface area contributed by atoms with Gasteiger partial charge in [0.2, 0.25) is 0 Å². The molecule has 0 spiro atoms. The Bertz CT molecular complexity index is 1010. The quantitative estimate of drug-likeness (QED) is 0.320. The van der Waals surface area contributed by atoms with Gasteiger partial charge in [-0.3, -0.25) is 14.6 Å². The zero-order chi connectivity index (χ0) is 21.6. The molecule has 2 aromatic carbocycles. The van der Waals surface area contributed by atoms with Gasteiger partial charge in [-0.05, 0) is 58.8 Å². The number of hydrogen-bond acceptors (Lipinski definition) is 5. The van der Waals surface area contributed by atoms with Crippen LogP contribution in [0.1, 0.15) is 27.0 Å². The fourth-order valence-electron chi connectivity index (χ4n) is 2.80. The number of rotatable bonds is 7. The lowest BCUT2D eigenvalue weighted by Gasteiger charge is -2.14. The van der Waals surface area contributed by atoms with Crippen LogP contribution in [0.4, 0.5) is 18.9 Å². The number of carbonyl (C=O) groups excluding carboxylic acids is 1.